The van der Waals surface area contributed by atoms with Crippen molar-refractivity contribution in [1.29, 1.82) is 0 Å². The van der Waals surface area contributed by atoms with Gasteiger partial charge in [-0.2, -0.15) is 0 Å². The van der Waals surface area contributed by atoms with Crippen molar-refractivity contribution in [2.45, 2.75) is 39.5 Å². The molecule has 206 valence electrons. The maximum absolute atomic E-state index is 4.89. The second-order valence-corrected chi connectivity index (χ2v) is 11.7. The molecule has 42 heavy (non-hydrogen) atoms. The van der Waals surface area contributed by atoms with E-state index in [2.05, 4.69) is 158 Å². The minimum atomic E-state index is 0.356. The molecule has 0 saturated carbocycles. The number of para-hydroxylation sites is 2. The molecular weight excluding hydrogens is 510 g/mol. The van der Waals surface area contributed by atoms with E-state index in [-0.39, 0.29) is 0 Å². The minimum Gasteiger partial charge on any atom is -0.309 e. The number of imidazole rings is 1. The summed E-state index contributed by atoms with van der Waals surface area (Å²) in [5, 5.41) is 2.54. The van der Waals surface area contributed by atoms with Crippen molar-refractivity contribution in [1.82, 2.24) is 14.1 Å². The van der Waals surface area contributed by atoms with Crippen LogP contribution in [0.15, 0.2) is 128 Å². The van der Waals surface area contributed by atoms with Crippen molar-refractivity contribution in [2.75, 3.05) is 0 Å². The van der Waals surface area contributed by atoms with Crippen LogP contribution in [0.5, 0.6) is 0 Å². The van der Waals surface area contributed by atoms with Crippen LogP contribution in [-0.4, -0.2) is 14.1 Å². The van der Waals surface area contributed by atoms with E-state index in [4.69, 9.17) is 4.98 Å². The maximum atomic E-state index is 4.89. The molecule has 0 N–H and O–H groups in total. The summed E-state index contributed by atoms with van der Waals surface area (Å²) in [5.74, 6) is 1.67. The van der Waals surface area contributed by atoms with Crippen LogP contribution in [-0.2, 0) is 0 Å². The molecule has 2 aromatic heterocycles. The molecule has 0 fully saturated rings. The molecule has 0 saturated heterocycles. The molecule has 7 rings (SSSR count). The van der Waals surface area contributed by atoms with Crippen molar-refractivity contribution >= 4 is 21.8 Å². The second kappa shape index (κ2) is 10.5. The quantitative estimate of drug-likeness (QED) is 0.204. The molecule has 0 aliphatic heterocycles. The predicted molar refractivity (Wildman–Crippen MR) is 177 cm³/mol. The Morgan fingerprint density at radius 1 is 0.548 bits per heavy atom. The van der Waals surface area contributed by atoms with Crippen molar-refractivity contribution < 1.29 is 0 Å². The number of benzene rings is 5. The summed E-state index contributed by atoms with van der Waals surface area (Å²) in [7, 11) is 0. The number of nitrogens with zero attached hydrogens (tertiary/aromatic N) is 3. The van der Waals surface area contributed by atoms with Gasteiger partial charge in [0.15, 0.2) is 0 Å². The molecule has 7 aromatic rings. The molecule has 0 amide bonds. The van der Waals surface area contributed by atoms with E-state index in [1.165, 1.54) is 49.7 Å². The zero-order chi connectivity index (χ0) is 28.8. The number of rotatable bonds is 6. The zero-order valence-corrected chi connectivity index (χ0v) is 24.6. The van der Waals surface area contributed by atoms with Gasteiger partial charge in [0.1, 0.15) is 5.82 Å². The first-order valence-corrected chi connectivity index (χ1v) is 14.9. The highest BCUT2D eigenvalue weighted by molar-refractivity contribution is 6.09. The third-order valence-corrected chi connectivity index (χ3v) is 8.37. The Kier molecular flexibility index (Phi) is 6.51. The molecular formula is C39H35N3. The average molecular weight is 546 g/mol. The Bertz CT molecular complexity index is 1940. The summed E-state index contributed by atoms with van der Waals surface area (Å²) in [6.45, 7) is 9.15. The van der Waals surface area contributed by atoms with Crippen molar-refractivity contribution in [3.63, 3.8) is 0 Å². The van der Waals surface area contributed by atoms with E-state index in [9.17, 15) is 0 Å². The molecule has 0 unspecified atom stereocenters. The lowest BCUT2D eigenvalue weighted by atomic mass is 9.88. The van der Waals surface area contributed by atoms with Gasteiger partial charge in [0, 0.05) is 34.4 Å². The summed E-state index contributed by atoms with van der Waals surface area (Å²) < 4.78 is 4.66. The van der Waals surface area contributed by atoms with Crippen LogP contribution in [0.1, 0.15) is 50.7 Å². The maximum Gasteiger partial charge on any atom is 0.144 e. The first kappa shape index (κ1) is 26.0. The van der Waals surface area contributed by atoms with Gasteiger partial charge in [-0.1, -0.05) is 94.4 Å². The van der Waals surface area contributed by atoms with E-state index in [1.807, 2.05) is 6.20 Å². The van der Waals surface area contributed by atoms with Gasteiger partial charge < -0.3 is 4.57 Å². The lowest BCUT2D eigenvalue weighted by Crippen LogP contribution is -2.08. The summed E-state index contributed by atoms with van der Waals surface area (Å²) in [4.78, 5) is 4.89. The van der Waals surface area contributed by atoms with Crippen molar-refractivity contribution in [3.05, 3.63) is 139 Å². The van der Waals surface area contributed by atoms with Gasteiger partial charge in [0.2, 0.25) is 0 Å². The highest BCUT2D eigenvalue weighted by Crippen LogP contribution is 2.38. The third kappa shape index (κ3) is 4.33. The topological polar surface area (TPSA) is 22.8 Å². The van der Waals surface area contributed by atoms with E-state index in [0.717, 1.165) is 17.1 Å². The SMILES string of the molecule is CC(C)c1cc(-c2ccccc2)cc(C(C)C)c1-n1ccnc1-c1ccc(-n2c3ccccc3c3ccccc32)cc1. The van der Waals surface area contributed by atoms with Crippen LogP contribution < -0.4 is 0 Å². The largest absolute Gasteiger partial charge is 0.309 e. The van der Waals surface area contributed by atoms with Crippen LogP contribution >= 0.6 is 0 Å². The fourth-order valence-electron chi connectivity index (χ4n) is 6.29. The Labute approximate surface area is 247 Å². The number of aromatic nitrogens is 3. The minimum absolute atomic E-state index is 0.356. The fraction of sp³-hybridized carbons (Fsp3) is 0.154. The monoisotopic (exact) mass is 545 g/mol. The summed E-state index contributed by atoms with van der Waals surface area (Å²) in [6, 6.07) is 41.6. The van der Waals surface area contributed by atoms with Crippen molar-refractivity contribution in [3.8, 4) is 33.9 Å². The van der Waals surface area contributed by atoms with E-state index >= 15 is 0 Å². The van der Waals surface area contributed by atoms with Gasteiger partial charge in [-0.15, -0.1) is 0 Å². The number of hydrogen-bond donors (Lipinski definition) is 0. The standard InChI is InChI=1S/C39H35N3/c1-26(2)34-24-30(28-12-6-5-7-13-28)25-35(27(3)4)38(34)41-23-22-40-39(41)29-18-20-31(21-19-29)42-36-16-10-8-14-32(36)33-15-9-11-17-37(33)42/h5-27H,1-4H3. The van der Waals surface area contributed by atoms with Gasteiger partial charge in [0.05, 0.1) is 16.7 Å². The Morgan fingerprint density at radius 3 is 1.67 bits per heavy atom. The van der Waals surface area contributed by atoms with Gasteiger partial charge in [-0.25, -0.2) is 4.98 Å². The van der Waals surface area contributed by atoms with Crippen LogP contribution in [0.2, 0.25) is 0 Å². The molecule has 0 bridgehead atoms. The molecule has 0 aliphatic rings. The van der Waals surface area contributed by atoms with Crippen LogP contribution in [0.4, 0.5) is 0 Å². The smallest absolute Gasteiger partial charge is 0.144 e. The predicted octanol–water partition coefficient (Wildman–Crippen LogP) is 10.6. The van der Waals surface area contributed by atoms with Crippen LogP contribution in [0.25, 0.3) is 55.7 Å². The van der Waals surface area contributed by atoms with Gasteiger partial charge in [-0.05, 0) is 82.6 Å². The first-order chi connectivity index (χ1) is 20.5. The average Bonchev–Trinajstić information content (AvgIpc) is 3.64. The summed E-state index contributed by atoms with van der Waals surface area (Å²) in [5.41, 5.74) is 11.1. The molecule has 3 heteroatoms. The van der Waals surface area contributed by atoms with Crippen LogP contribution in [0, 0.1) is 0 Å². The highest BCUT2D eigenvalue weighted by Gasteiger charge is 2.21. The first-order valence-electron chi connectivity index (χ1n) is 14.9. The molecule has 0 radical (unpaired) electrons. The van der Waals surface area contributed by atoms with Gasteiger partial charge >= 0.3 is 0 Å². The second-order valence-electron chi connectivity index (χ2n) is 11.7. The lowest BCUT2D eigenvalue weighted by Gasteiger charge is -2.24. The van der Waals surface area contributed by atoms with E-state index in [0.29, 0.717) is 11.8 Å². The molecule has 0 spiro atoms. The Hall–Kier alpha value is -4.89. The van der Waals surface area contributed by atoms with Crippen LogP contribution in [0.3, 0.4) is 0 Å². The molecule has 2 heterocycles. The van der Waals surface area contributed by atoms with Gasteiger partial charge in [0.25, 0.3) is 0 Å². The van der Waals surface area contributed by atoms with Crippen molar-refractivity contribution in [2.24, 2.45) is 0 Å². The molecule has 0 aliphatic carbocycles. The zero-order valence-electron chi connectivity index (χ0n) is 24.6. The lowest BCUT2D eigenvalue weighted by molar-refractivity contribution is 0.807. The van der Waals surface area contributed by atoms with E-state index < -0.39 is 0 Å². The number of hydrogen-bond acceptors (Lipinski definition) is 1. The molecule has 0 atom stereocenters. The molecule has 5 aromatic carbocycles. The summed E-state index contributed by atoms with van der Waals surface area (Å²) in [6.07, 6.45) is 4.04. The normalized spacial score (nSPS) is 11.8. The summed E-state index contributed by atoms with van der Waals surface area (Å²) >= 11 is 0. The highest BCUT2D eigenvalue weighted by atomic mass is 15.1. The van der Waals surface area contributed by atoms with Gasteiger partial charge in [-0.3, -0.25) is 4.57 Å². The van der Waals surface area contributed by atoms with E-state index in [1.54, 1.807) is 0 Å². The molecule has 3 nitrogen and oxygen atoms in total. The Balaban J connectivity index is 1.36. The fourth-order valence-corrected chi connectivity index (χ4v) is 6.29. The number of fused-ring (bicyclic) bond motifs is 3. The third-order valence-electron chi connectivity index (χ3n) is 8.37. The Morgan fingerprint density at radius 2 is 1.10 bits per heavy atom.